The highest BCUT2D eigenvalue weighted by Crippen LogP contribution is 2.14. The molecule has 3 N–H and O–H groups in total. The predicted octanol–water partition coefficient (Wildman–Crippen LogP) is 1.91. The molecule has 0 saturated carbocycles. The van der Waals surface area contributed by atoms with Gasteiger partial charge in [0, 0.05) is 17.3 Å². The van der Waals surface area contributed by atoms with Gasteiger partial charge in [-0.15, -0.1) is 24.0 Å². The Hall–Kier alpha value is -1.05. The van der Waals surface area contributed by atoms with Crippen LogP contribution in [0.3, 0.4) is 0 Å². The summed E-state index contributed by atoms with van der Waals surface area (Å²) < 4.78 is 5.14. The molecule has 0 aliphatic rings. The maximum Gasteiger partial charge on any atom is 0.218 e. The summed E-state index contributed by atoms with van der Waals surface area (Å²) in [5, 5.41) is 3.09. The van der Waals surface area contributed by atoms with Crippen molar-refractivity contribution in [2.24, 2.45) is 10.7 Å². The van der Waals surface area contributed by atoms with E-state index in [1.54, 1.807) is 13.3 Å². The Morgan fingerprint density at radius 1 is 1.50 bits per heavy atom. The number of pyridine rings is 1. The van der Waals surface area contributed by atoms with Gasteiger partial charge in [0.05, 0.1) is 13.7 Å². The molecule has 5 nitrogen and oxygen atoms in total. The van der Waals surface area contributed by atoms with E-state index < -0.39 is 0 Å². The number of methoxy groups -OCH3 is 1. The number of nitrogens with two attached hydrogens (primary N) is 1. The summed E-state index contributed by atoms with van der Waals surface area (Å²) in [7, 11) is 1.59. The van der Waals surface area contributed by atoms with Gasteiger partial charge in [-0.05, 0) is 26.8 Å². The second kappa shape index (κ2) is 7.40. The first-order valence-electron chi connectivity index (χ1n) is 5.48. The molecular weight excluding hydrogens is 343 g/mol. The third-order valence-corrected chi connectivity index (χ3v) is 1.97. The topological polar surface area (TPSA) is 72.5 Å². The predicted molar refractivity (Wildman–Crippen MR) is 84.4 cm³/mol. The second-order valence-electron chi connectivity index (χ2n) is 4.75. The van der Waals surface area contributed by atoms with Crippen LogP contribution in [0.15, 0.2) is 23.3 Å². The SMILES string of the molecule is COc1ncccc1CN=C(N)NC(C)(C)C.I. The van der Waals surface area contributed by atoms with E-state index >= 15 is 0 Å². The smallest absolute Gasteiger partial charge is 0.218 e. The van der Waals surface area contributed by atoms with E-state index in [0.717, 1.165) is 5.56 Å². The Morgan fingerprint density at radius 3 is 2.72 bits per heavy atom. The number of hydrogen-bond donors (Lipinski definition) is 2. The molecule has 1 rings (SSSR count). The lowest BCUT2D eigenvalue weighted by Gasteiger charge is -2.21. The number of hydrogen-bond acceptors (Lipinski definition) is 3. The maximum absolute atomic E-state index is 5.78. The first-order valence-corrected chi connectivity index (χ1v) is 5.48. The van der Waals surface area contributed by atoms with E-state index in [1.165, 1.54) is 0 Å². The van der Waals surface area contributed by atoms with Gasteiger partial charge in [0.1, 0.15) is 0 Å². The van der Waals surface area contributed by atoms with Gasteiger partial charge in [0.2, 0.25) is 5.88 Å². The lowest BCUT2D eigenvalue weighted by atomic mass is 10.1. The highest BCUT2D eigenvalue weighted by Gasteiger charge is 2.10. The number of aliphatic imine (C=N–C) groups is 1. The highest BCUT2D eigenvalue weighted by molar-refractivity contribution is 14.0. The van der Waals surface area contributed by atoms with Gasteiger partial charge in [0.25, 0.3) is 0 Å². The number of nitrogens with one attached hydrogen (secondary N) is 1. The second-order valence-corrected chi connectivity index (χ2v) is 4.75. The summed E-state index contributed by atoms with van der Waals surface area (Å²) in [6.45, 7) is 6.53. The molecule has 0 unspecified atom stereocenters. The Labute approximate surface area is 125 Å². The van der Waals surface area contributed by atoms with Crippen molar-refractivity contribution in [3.8, 4) is 5.88 Å². The monoisotopic (exact) mass is 364 g/mol. The lowest BCUT2D eigenvalue weighted by molar-refractivity contribution is 0.392. The average molecular weight is 364 g/mol. The van der Waals surface area contributed by atoms with Crippen LogP contribution in [0.25, 0.3) is 0 Å². The molecule has 0 atom stereocenters. The van der Waals surface area contributed by atoms with Gasteiger partial charge >= 0.3 is 0 Å². The van der Waals surface area contributed by atoms with Crippen molar-refractivity contribution < 1.29 is 4.74 Å². The standard InChI is InChI=1S/C12H20N4O.HI/c1-12(2,3)16-11(13)15-8-9-6-5-7-14-10(9)17-4;/h5-7H,8H2,1-4H3,(H3,13,15,16);1H. The first kappa shape index (κ1) is 16.9. The molecule has 1 heterocycles. The van der Waals surface area contributed by atoms with Gasteiger partial charge in [0.15, 0.2) is 5.96 Å². The van der Waals surface area contributed by atoms with E-state index in [1.807, 2.05) is 32.9 Å². The fourth-order valence-corrected chi connectivity index (χ4v) is 1.32. The van der Waals surface area contributed by atoms with E-state index in [-0.39, 0.29) is 29.5 Å². The van der Waals surface area contributed by atoms with Crippen molar-refractivity contribution in [2.45, 2.75) is 32.9 Å². The molecule has 0 aliphatic carbocycles. The van der Waals surface area contributed by atoms with E-state index in [9.17, 15) is 0 Å². The third-order valence-electron chi connectivity index (χ3n) is 1.97. The summed E-state index contributed by atoms with van der Waals surface area (Å²) in [6.07, 6.45) is 1.68. The lowest BCUT2D eigenvalue weighted by Crippen LogP contribution is -2.44. The minimum Gasteiger partial charge on any atom is -0.481 e. The van der Waals surface area contributed by atoms with Crippen molar-refractivity contribution in [1.82, 2.24) is 10.3 Å². The minimum atomic E-state index is -0.0907. The maximum atomic E-state index is 5.78. The molecular formula is C12H21IN4O. The van der Waals surface area contributed by atoms with Crippen LogP contribution in [0, 0.1) is 0 Å². The van der Waals surface area contributed by atoms with Gasteiger partial charge in [-0.3, -0.25) is 0 Å². The summed E-state index contributed by atoms with van der Waals surface area (Å²) in [5.41, 5.74) is 6.60. The summed E-state index contributed by atoms with van der Waals surface area (Å²) >= 11 is 0. The van der Waals surface area contributed by atoms with Crippen LogP contribution in [-0.4, -0.2) is 23.6 Å². The molecule has 1 aromatic heterocycles. The average Bonchev–Trinajstić information content (AvgIpc) is 2.24. The number of rotatable bonds is 3. The van der Waals surface area contributed by atoms with E-state index in [4.69, 9.17) is 10.5 Å². The number of ether oxygens (including phenoxy) is 1. The summed E-state index contributed by atoms with van der Waals surface area (Å²) in [4.78, 5) is 8.35. The van der Waals surface area contributed by atoms with Crippen molar-refractivity contribution in [1.29, 1.82) is 0 Å². The molecule has 0 spiro atoms. The fraction of sp³-hybridized carbons (Fsp3) is 0.500. The molecule has 102 valence electrons. The molecule has 0 fully saturated rings. The minimum absolute atomic E-state index is 0. The molecule has 0 saturated heterocycles. The van der Waals surface area contributed by atoms with Gasteiger partial charge in [-0.1, -0.05) is 6.07 Å². The van der Waals surface area contributed by atoms with E-state index in [0.29, 0.717) is 18.4 Å². The quantitative estimate of drug-likeness (QED) is 0.488. The molecule has 0 radical (unpaired) electrons. The van der Waals surface area contributed by atoms with Gasteiger partial charge < -0.3 is 15.8 Å². The Balaban J connectivity index is 0.00000289. The Bertz CT molecular complexity index is 401. The largest absolute Gasteiger partial charge is 0.481 e. The Kier molecular flexibility index (Phi) is 6.97. The van der Waals surface area contributed by atoms with Crippen LogP contribution < -0.4 is 15.8 Å². The van der Waals surface area contributed by atoms with Crippen molar-refractivity contribution in [3.63, 3.8) is 0 Å². The molecule has 6 heteroatoms. The molecule has 18 heavy (non-hydrogen) atoms. The van der Waals surface area contributed by atoms with Crippen LogP contribution in [0.4, 0.5) is 0 Å². The molecule has 0 aliphatic heterocycles. The van der Waals surface area contributed by atoms with Crippen molar-refractivity contribution in [2.75, 3.05) is 7.11 Å². The number of halogens is 1. The zero-order chi connectivity index (χ0) is 12.9. The van der Waals surface area contributed by atoms with Crippen molar-refractivity contribution in [3.05, 3.63) is 23.9 Å². The number of aromatic nitrogens is 1. The highest BCUT2D eigenvalue weighted by atomic mass is 127. The zero-order valence-corrected chi connectivity index (χ0v) is 13.6. The number of guanidine groups is 1. The molecule has 0 bridgehead atoms. The van der Waals surface area contributed by atoms with E-state index in [2.05, 4.69) is 15.3 Å². The molecule has 1 aromatic rings. The summed E-state index contributed by atoms with van der Waals surface area (Å²) in [5.74, 6) is 1.00. The first-order chi connectivity index (χ1) is 7.92. The van der Waals surface area contributed by atoms with Crippen molar-refractivity contribution >= 4 is 29.9 Å². The third kappa shape index (κ3) is 6.04. The number of nitrogens with zero attached hydrogens (tertiary/aromatic N) is 2. The normalized spacial score (nSPS) is 11.7. The zero-order valence-electron chi connectivity index (χ0n) is 11.2. The van der Waals surface area contributed by atoms with Gasteiger partial charge in [-0.25, -0.2) is 9.98 Å². The van der Waals surface area contributed by atoms with Crippen LogP contribution in [-0.2, 0) is 6.54 Å². The molecule has 0 amide bonds. The Morgan fingerprint density at radius 2 is 2.17 bits per heavy atom. The van der Waals surface area contributed by atoms with Crippen LogP contribution in [0.2, 0.25) is 0 Å². The van der Waals surface area contributed by atoms with Crippen LogP contribution in [0.1, 0.15) is 26.3 Å². The fourth-order valence-electron chi connectivity index (χ4n) is 1.32. The summed E-state index contributed by atoms with van der Waals surface area (Å²) in [6, 6.07) is 3.76. The molecule has 0 aromatic carbocycles. The van der Waals surface area contributed by atoms with Crippen LogP contribution >= 0.6 is 24.0 Å². The van der Waals surface area contributed by atoms with Gasteiger partial charge in [-0.2, -0.15) is 0 Å². The van der Waals surface area contributed by atoms with Crippen LogP contribution in [0.5, 0.6) is 5.88 Å².